The number of likely N-dealkylation sites (tertiary alicyclic amines) is 1. The smallest absolute Gasteiger partial charge is 0.225 e. The van der Waals surface area contributed by atoms with Crippen LogP contribution in [-0.4, -0.2) is 28.2 Å². The summed E-state index contributed by atoms with van der Waals surface area (Å²) < 4.78 is 0. The summed E-state index contributed by atoms with van der Waals surface area (Å²) in [5.41, 5.74) is 0.848. The zero-order chi connectivity index (χ0) is 16.9. The number of aryl methyl sites for hydroxylation is 1. The van der Waals surface area contributed by atoms with Gasteiger partial charge in [0.1, 0.15) is 0 Å². The standard InChI is InChI=1S/C18H21N3O2S/c1-13-5-7-16(24-13)10-20-18(23)14-6-8-17(22)21(11-14)12-15-4-2-3-9-19-15/h2-5,7,9,14H,6,8,10-12H2,1H3,(H,20,23). The number of nitrogens with one attached hydrogen (secondary N) is 1. The third-order valence-corrected chi connectivity index (χ3v) is 5.18. The van der Waals surface area contributed by atoms with E-state index in [1.165, 1.54) is 4.88 Å². The van der Waals surface area contributed by atoms with Gasteiger partial charge < -0.3 is 10.2 Å². The Labute approximate surface area is 145 Å². The maximum Gasteiger partial charge on any atom is 0.225 e. The molecule has 6 heteroatoms. The second-order valence-corrected chi connectivity index (χ2v) is 7.43. The van der Waals surface area contributed by atoms with Crippen molar-refractivity contribution in [2.75, 3.05) is 6.54 Å². The second kappa shape index (κ2) is 7.57. The molecule has 5 nitrogen and oxygen atoms in total. The lowest BCUT2D eigenvalue weighted by atomic mass is 9.96. The number of rotatable bonds is 5. The first-order chi connectivity index (χ1) is 11.6. The quantitative estimate of drug-likeness (QED) is 0.907. The highest BCUT2D eigenvalue weighted by molar-refractivity contribution is 7.11. The van der Waals surface area contributed by atoms with Crippen LogP contribution in [0.3, 0.4) is 0 Å². The van der Waals surface area contributed by atoms with Crippen LogP contribution in [-0.2, 0) is 22.7 Å². The fourth-order valence-corrected chi connectivity index (χ4v) is 3.70. The molecule has 3 rings (SSSR count). The number of nitrogens with zero attached hydrogens (tertiary/aromatic N) is 2. The Kier molecular flexibility index (Phi) is 5.25. The molecule has 0 bridgehead atoms. The molecule has 1 N–H and O–H groups in total. The molecule has 0 aromatic carbocycles. The molecule has 3 heterocycles. The van der Waals surface area contributed by atoms with Crippen molar-refractivity contribution >= 4 is 23.2 Å². The molecule has 1 unspecified atom stereocenters. The van der Waals surface area contributed by atoms with Crippen LogP contribution in [0, 0.1) is 12.8 Å². The summed E-state index contributed by atoms with van der Waals surface area (Å²) >= 11 is 1.69. The molecule has 1 fully saturated rings. The van der Waals surface area contributed by atoms with E-state index < -0.39 is 0 Å². The van der Waals surface area contributed by atoms with Crippen LogP contribution in [0.25, 0.3) is 0 Å². The molecule has 1 atom stereocenters. The molecular formula is C18H21N3O2S. The maximum absolute atomic E-state index is 12.4. The van der Waals surface area contributed by atoms with E-state index in [0.29, 0.717) is 32.5 Å². The molecule has 1 aliphatic heterocycles. The summed E-state index contributed by atoms with van der Waals surface area (Å²) in [5, 5.41) is 3.00. The number of thiophene rings is 1. The van der Waals surface area contributed by atoms with Crippen LogP contribution in [0.2, 0.25) is 0 Å². The molecule has 0 spiro atoms. The van der Waals surface area contributed by atoms with Crippen molar-refractivity contribution in [3.05, 3.63) is 52.0 Å². The summed E-state index contributed by atoms with van der Waals surface area (Å²) in [5.74, 6) is -0.0226. The van der Waals surface area contributed by atoms with Crippen molar-refractivity contribution in [2.24, 2.45) is 5.92 Å². The first kappa shape index (κ1) is 16.6. The Balaban J connectivity index is 1.55. The molecule has 0 aliphatic carbocycles. The van der Waals surface area contributed by atoms with Crippen LogP contribution in [0.4, 0.5) is 0 Å². The van der Waals surface area contributed by atoms with Gasteiger partial charge in [-0.1, -0.05) is 6.07 Å². The lowest BCUT2D eigenvalue weighted by molar-refractivity contribution is -0.139. The number of carbonyl (C=O) groups is 2. The minimum atomic E-state index is -0.146. The Hall–Kier alpha value is -2.21. The highest BCUT2D eigenvalue weighted by Crippen LogP contribution is 2.20. The van der Waals surface area contributed by atoms with E-state index in [1.807, 2.05) is 24.3 Å². The van der Waals surface area contributed by atoms with Crippen LogP contribution < -0.4 is 5.32 Å². The number of pyridine rings is 1. The average molecular weight is 343 g/mol. The van der Waals surface area contributed by atoms with Gasteiger partial charge in [-0.05, 0) is 37.6 Å². The number of amides is 2. The van der Waals surface area contributed by atoms with Crippen LogP contribution in [0.1, 0.15) is 28.3 Å². The van der Waals surface area contributed by atoms with E-state index in [9.17, 15) is 9.59 Å². The van der Waals surface area contributed by atoms with Crippen LogP contribution in [0.15, 0.2) is 36.5 Å². The van der Waals surface area contributed by atoms with E-state index in [0.717, 1.165) is 10.6 Å². The second-order valence-electron chi connectivity index (χ2n) is 6.06. The van der Waals surface area contributed by atoms with Crippen LogP contribution >= 0.6 is 11.3 Å². The Morgan fingerprint density at radius 3 is 2.96 bits per heavy atom. The fourth-order valence-electron chi connectivity index (χ4n) is 2.87. The van der Waals surface area contributed by atoms with E-state index >= 15 is 0 Å². The van der Waals surface area contributed by atoms with Gasteiger partial charge in [-0.15, -0.1) is 11.3 Å². The molecule has 0 saturated carbocycles. The zero-order valence-electron chi connectivity index (χ0n) is 13.7. The van der Waals surface area contributed by atoms with Crippen molar-refractivity contribution in [3.8, 4) is 0 Å². The Morgan fingerprint density at radius 2 is 2.25 bits per heavy atom. The molecule has 1 aliphatic rings. The van der Waals surface area contributed by atoms with Gasteiger partial charge in [-0.25, -0.2) is 0 Å². The number of carbonyl (C=O) groups excluding carboxylic acids is 2. The fraction of sp³-hybridized carbons (Fsp3) is 0.389. The van der Waals surface area contributed by atoms with E-state index in [2.05, 4.69) is 23.3 Å². The number of piperidine rings is 1. The van der Waals surface area contributed by atoms with Crippen molar-refractivity contribution in [3.63, 3.8) is 0 Å². The summed E-state index contributed by atoms with van der Waals surface area (Å²) in [4.78, 5) is 32.9. The minimum Gasteiger partial charge on any atom is -0.351 e. The molecule has 2 amide bonds. The lowest BCUT2D eigenvalue weighted by Crippen LogP contribution is -2.45. The highest BCUT2D eigenvalue weighted by atomic mass is 32.1. The number of aromatic nitrogens is 1. The SMILES string of the molecule is Cc1ccc(CNC(=O)C2CCC(=O)N(Cc3ccccn3)C2)s1. The molecule has 24 heavy (non-hydrogen) atoms. The van der Waals surface area contributed by atoms with Crippen molar-refractivity contribution in [1.29, 1.82) is 0 Å². The van der Waals surface area contributed by atoms with Crippen molar-refractivity contribution < 1.29 is 9.59 Å². The molecule has 126 valence electrons. The van der Waals surface area contributed by atoms with Gasteiger partial charge in [0.25, 0.3) is 0 Å². The molecule has 2 aromatic rings. The summed E-state index contributed by atoms with van der Waals surface area (Å²) in [6.07, 6.45) is 2.76. The molecule has 0 radical (unpaired) electrons. The Bertz CT molecular complexity index is 714. The maximum atomic E-state index is 12.4. The van der Waals surface area contributed by atoms with Gasteiger partial charge >= 0.3 is 0 Å². The lowest BCUT2D eigenvalue weighted by Gasteiger charge is -2.31. The van der Waals surface area contributed by atoms with Gasteiger partial charge in [-0.2, -0.15) is 0 Å². The summed E-state index contributed by atoms with van der Waals surface area (Å²) in [6.45, 7) is 3.54. The van der Waals surface area contributed by atoms with E-state index in [-0.39, 0.29) is 17.7 Å². The molecular weight excluding hydrogens is 322 g/mol. The predicted molar refractivity (Wildman–Crippen MR) is 93.3 cm³/mol. The predicted octanol–water partition coefficient (Wildman–Crippen LogP) is 2.51. The third-order valence-electron chi connectivity index (χ3n) is 4.18. The Morgan fingerprint density at radius 1 is 1.38 bits per heavy atom. The summed E-state index contributed by atoms with van der Waals surface area (Å²) in [7, 11) is 0. The van der Waals surface area contributed by atoms with Crippen molar-refractivity contribution in [1.82, 2.24) is 15.2 Å². The molecule has 1 saturated heterocycles. The monoisotopic (exact) mass is 343 g/mol. The number of hydrogen-bond donors (Lipinski definition) is 1. The van der Waals surface area contributed by atoms with Crippen LogP contribution in [0.5, 0.6) is 0 Å². The van der Waals surface area contributed by atoms with Gasteiger partial charge in [0.15, 0.2) is 0 Å². The van der Waals surface area contributed by atoms with Gasteiger partial charge in [0.05, 0.1) is 24.7 Å². The van der Waals surface area contributed by atoms with Gasteiger partial charge in [-0.3, -0.25) is 14.6 Å². The summed E-state index contributed by atoms with van der Waals surface area (Å²) in [6, 6.07) is 9.75. The van der Waals surface area contributed by atoms with E-state index in [4.69, 9.17) is 0 Å². The largest absolute Gasteiger partial charge is 0.351 e. The minimum absolute atomic E-state index is 0.0274. The normalized spacial score (nSPS) is 17.8. The topological polar surface area (TPSA) is 62.3 Å². The first-order valence-electron chi connectivity index (χ1n) is 8.12. The third kappa shape index (κ3) is 4.20. The van der Waals surface area contributed by atoms with Crippen molar-refractivity contribution in [2.45, 2.75) is 32.9 Å². The first-order valence-corrected chi connectivity index (χ1v) is 8.94. The zero-order valence-corrected chi connectivity index (χ0v) is 14.5. The van der Waals surface area contributed by atoms with Gasteiger partial charge in [0, 0.05) is 28.9 Å². The highest BCUT2D eigenvalue weighted by Gasteiger charge is 2.30. The average Bonchev–Trinajstić information content (AvgIpc) is 3.01. The molecule has 2 aromatic heterocycles. The number of hydrogen-bond acceptors (Lipinski definition) is 4. The van der Waals surface area contributed by atoms with E-state index in [1.54, 1.807) is 22.4 Å². The van der Waals surface area contributed by atoms with Gasteiger partial charge in [0.2, 0.25) is 11.8 Å².